The number of phenolic OH excluding ortho intramolecular Hbond substituents is 1. The highest BCUT2D eigenvalue weighted by molar-refractivity contribution is 7.07. The van der Waals surface area contributed by atoms with Crippen molar-refractivity contribution in [2.45, 2.75) is 5.92 Å². The lowest BCUT2D eigenvalue weighted by Crippen LogP contribution is -2.41. The van der Waals surface area contributed by atoms with E-state index in [1.54, 1.807) is 42.5 Å². The first kappa shape index (κ1) is 20.5. The average Bonchev–Trinajstić information content (AvgIpc) is 3.05. The first-order valence-electron chi connectivity index (χ1n) is 9.04. The third kappa shape index (κ3) is 3.40. The number of amides is 1. The van der Waals surface area contributed by atoms with Gasteiger partial charge in [0.15, 0.2) is 0 Å². The second-order valence-corrected chi connectivity index (χ2v) is 8.23. The van der Waals surface area contributed by atoms with E-state index >= 15 is 0 Å². The van der Waals surface area contributed by atoms with Crippen molar-refractivity contribution >= 4 is 46.3 Å². The molecule has 0 saturated carbocycles. The Bertz CT molecular complexity index is 1480. The lowest BCUT2D eigenvalue weighted by Gasteiger charge is -2.24. The number of phenols is 1. The largest absolute Gasteiger partial charge is 0.508 e. The fourth-order valence-electron chi connectivity index (χ4n) is 3.53. The molecule has 0 bridgehead atoms. The number of nitriles is 1. The van der Waals surface area contributed by atoms with Crippen LogP contribution in [0.2, 0.25) is 5.02 Å². The molecule has 9 heteroatoms. The molecule has 0 saturated heterocycles. The van der Waals surface area contributed by atoms with Crippen LogP contribution in [0.5, 0.6) is 5.75 Å². The van der Waals surface area contributed by atoms with Crippen LogP contribution in [-0.2, 0) is 4.79 Å². The summed E-state index contributed by atoms with van der Waals surface area (Å²) in [5.74, 6) is -1.65. The van der Waals surface area contributed by atoms with Gasteiger partial charge in [-0.2, -0.15) is 5.26 Å². The van der Waals surface area contributed by atoms with Crippen LogP contribution in [-0.4, -0.2) is 15.6 Å². The van der Waals surface area contributed by atoms with E-state index in [1.807, 2.05) is 6.07 Å². The average molecular weight is 451 g/mol. The number of primary amides is 1. The number of halogens is 1. The second-order valence-electron chi connectivity index (χ2n) is 6.79. The van der Waals surface area contributed by atoms with E-state index in [4.69, 9.17) is 23.1 Å². The minimum atomic E-state index is -0.893. The normalized spacial score (nSPS) is 16.2. The summed E-state index contributed by atoms with van der Waals surface area (Å²) in [6.07, 6.45) is 1.61. The number of hydrogen-bond acceptors (Lipinski definition) is 6. The van der Waals surface area contributed by atoms with Gasteiger partial charge in [0.05, 0.1) is 27.7 Å². The van der Waals surface area contributed by atoms with E-state index in [1.165, 1.54) is 12.1 Å². The Labute approximate surface area is 185 Å². The maximum Gasteiger partial charge on any atom is 0.274 e. The number of thiazole rings is 1. The first-order valence-corrected chi connectivity index (χ1v) is 10.2. The summed E-state index contributed by atoms with van der Waals surface area (Å²) in [4.78, 5) is 25.6. The summed E-state index contributed by atoms with van der Waals surface area (Å²) < 4.78 is 1.69. The molecule has 7 nitrogen and oxygen atoms in total. The van der Waals surface area contributed by atoms with Gasteiger partial charge in [0.25, 0.3) is 5.56 Å². The fraction of sp³-hybridized carbons (Fsp3) is 0.0455. The van der Waals surface area contributed by atoms with Crippen LogP contribution >= 0.6 is 22.9 Å². The lowest BCUT2D eigenvalue weighted by molar-refractivity contribution is -0.113. The molecule has 154 valence electrons. The van der Waals surface area contributed by atoms with E-state index in [0.29, 0.717) is 20.7 Å². The minimum Gasteiger partial charge on any atom is -0.508 e. The van der Waals surface area contributed by atoms with Crippen molar-refractivity contribution in [3.63, 3.8) is 0 Å². The molecule has 1 aliphatic heterocycles. The molecule has 0 fully saturated rings. The Kier molecular flexibility index (Phi) is 5.15. The molecule has 1 aliphatic rings. The predicted octanol–water partition coefficient (Wildman–Crippen LogP) is 1.18. The molecule has 2 heterocycles. The number of allylic oxidation sites excluding steroid dienone is 1. The summed E-state index contributed by atoms with van der Waals surface area (Å²) in [6.45, 7) is 0. The van der Waals surface area contributed by atoms with Crippen molar-refractivity contribution in [2.75, 3.05) is 0 Å². The third-order valence-corrected chi connectivity index (χ3v) is 6.39. The number of aromatic nitrogens is 1. The Hall–Kier alpha value is -3.80. The van der Waals surface area contributed by atoms with E-state index in [9.17, 15) is 20.0 Å². The van der Waals surface area contributed by atoms with Gasteiger partial charge >= 0.3 is 0 Å². The maximum absolute atomic E-state index is 13.1. The molecular formula is C22H15ClN4O3S. The predicted molar refractivity (Wildman–Crippen MR) is 119 cm³/mol. The van der Waals surface area contributed by atoms with Gasteiger partial charge in [-0.25, -0.2) is 0 Å². The zero-order chi connectivity index (χ0) is 22.3. The molecule has 1 unspecified atom stereocenters. The van der Waals surface area contributed by atoms with Crippen molar-refractivity contribution in [2.24, 2.45) is 11.5 Å². The van der Waals surface area contributed by atoms with E-state index in [0.717, 1.165) is 15.9 Å². The van der Waals surface area contributed by atoms with Crippen molar-refractivity contribution in [3.05, 3.63) is 89.8 Å². The standard InChI is InChI=1S/C22H15ClN4O3S/c23-15-4-2-1-3-13(15)17-14(10-24)19(25)27-21(30)16(31-22(27)18(17)20(26)29)9-11-5-7-12(28)8-6-11/h1-9,17,28H,25H2,(H2,26,29)/b16-9+. The molecule has 4 rings (SSSR count). The van der Waals surface area contributed by atoms with Crippen LogP contribution in [0, 0.1) is 11.3 Å². The van der Waals surface area contributed by atoms with Crippen molar-refractivity contribution in [1.82, 2.24) is 4.57 Å². The number of carbonyl (C=O) groups excluding carboxylic acids is 1. The SMILES string of the molecule is N#CC1=C(N)n2c(s/c(=C/c3ccc(O)cc3)c2=O)=C(C(N)=O)C1c1ccccc1Cl. The van der Waals surface area contributed by atoms with E-state index in [-0.39, 0.29) is 27.4 Å². The Morgan fingerprint density at radius 2 is 1.90 bits per heavy atom. The molecule has 3 aromatic rings. The summed E-state index contributed by atoms with van der Waals surface area (Å²) in [5.41, 5.74) is 12.7. The van der Waals surface area contributed by atoms with E-state index < -0.39 is 17.4 Å². The van der Waals surface area contributed by atoms with Gasteiger partial charge in [-0.15, -0.1) is 11.3 Å². The number of nitrogens with zero attached hydrogens (tertiary/aromatic N) is 2. The summed E-state index contributed by atoms with van der Waals surface area (Å²) in [7, 11) is 0. The zero-order valence-electron chi connectivity index (χ0n) is 15.9. The quantitative estimate of drug-likeness (QED) is 0.550. The summed E-state index contributed by atoms with van der Waals surface area (Å²) in [6, 6.07) is 15.1. The molecule has 0 radical (unpaired) electrons. The van der Waals surface area contributed by atoms with Gasteiger partial charge in [0, 0.05) is 5.02 Å². The van der Waals surface area contributed by atoms with Gasteiger partial charge in [-0.1, -0.05) is 41.9 Å². The van der Waals surface area contributed by atoms with Gasteiger partial charge in [0.2, 0.25) is 5.91 Å². The lowest BCUT2D eigenvalue weighted by atomic mass is 9.83. The van der Waals surface area contributed by atoms with Gasteiger partial charge in [-0.3, -0.25) is 14.2 Å². The molecule has 1 amide bonds. The number of aromatic hydroxyl groups is 1. The second kappa shape index (κ2) is 7.80. The highest BCUT2D eigenvalue weighted by Crippen LogP contribution is 2.38. The van der Waals surface area contributed by atoms with Gasteiger partial charge in [0.1, 0.15) is 16.2 Å². The molecule has 5 N–H and O–H groups in total. The summed E-state index contributed by atoms with van der Waals surface area (Å²) >= 11 is 7.40. The third-order valence-electron chi connectivity index (χ3n) is 4.94. The number of carbonyl (C=O) groups is 1. The zero-order valence-corrected chi connectivity index (χ0v) is 17.4. The van der Waals surface area contributed by atoms with Crippen molar-refractivity contribution in [3.8, 4) is 11.8 Å². The topological polar surface area (TPSA) is 135 Å². The molecule has 1 aromatic heterocycles. The Balaban J connectivity index is 2.10. The first-order chi connectivity index (χ1) is 14.8. The van der Waals surface area contributed by atoms with Crippen LogP contribution in [0.25, 0.3) is 17.5 Å². The molecule has 0 aliphatic carbocycles. The number of rotatable bonds is 3. The highest BCUT2D eigenvalue weighted by atomic mass is 35.5. The smallest absolute Gasteiger partial charge is 0.274 e. The van der Waals surface area contributed by atoms with Crippen LogP contribution in [0.4, 0.5) is 0 Å². The maximum atomic E-state index is 13.1. The number of hydrogen-bond donors (Lipinski definition) is 3. The van der Waals surface area contributed by atoms with Crippen molar-refractivity contribution < 1.29 is 9.90 Å². The highest BCUT2D eigenvalue weighted by Gasteiger charge is 2.35. The molecular weight excluding hydrogens is 436 g/mol. The fourth-order valence-corrected chi connectivity index (χ4v) is 4.96. The van der Waals surface area contributed by atoms with Gasteiger partial charge in [-0.05, 0) is 35.4 Å². The number of benzene rings is 2. The Morgan fingerprint density at radius 1 is 1.23 bits per heavy atom. The Morgan fingerprint density at radius 3 is 2.52 bits per heavy atom. The number of fused-ring (bicyclic) bond motifs is 1. The molecule has 1 atom stereocenters. The van der Waals surface area contributed by atoms with Crippen LogP contribution in [0.3, 0.4) is 0 Å². The monoisotopic (exact) mass is 450 g/mol. The van der Waals surface area contributed by atoms with E-state index in [2.05, 4.69) is 0 Å². The minimum absolute atomic E-state index is 0.0190. The number of nitrogens with two attached hydrogens (primary N) is 2. The van der Waals surface area contributed by atoms with Crippen LogP contribution in [0.15, 0.2) is 58.9 Å². The molecule has 31 heavy (non-hydrogen) atoms. The summed E-state index contributed by atoms with van der Waals surface area (Å²) in [5, 5.41) is 19.6. The van der Waals surface area contributed by atoms with Crippen LogP contribution < -0.4 is 26.2 Å². The van der Waals surface area contributed by atoms with Crippen molar-refractivity contribution in [1.29, 1.82) is 5.26 Å². The van der Waals surface area contributed by atoms with Crippen LogP contribution in [0.1, 0.15) is 17.0 Å². The molecule has 0 spiro atoms. The van der Waals surface area contributed by atoms with Gasteiger partial charge < -0.3 is 16.6 Å². The molecule has 2 aromatic carbocycles.